The van der Waals surface area contributed by atoms with Crippen molar-refractivity contribution in [3.8, 4) is 0 Å². The Morgan fingerprint density at radius 3 is 2.68 bits per heavy atom. The maximum absolute atomic E-state index is 12.0. The fraction of sp³-hybridized carbons (Fsp3) is 0.500. The molecule has 0 spiro atoms. The van der Waals surface area contributed by atoms with Gasteiger partial charge in [0.15, 0.2) is 5.78 Å². The minimum Gasteiger partial charge on any atom is -0.465 e. The summed E-state index contributed by atoms with van der Waals surface area (Å²) in [6.45, 7) is 4.37. The zero-order valence-electron chi connectivity index (χ0n) is 11.0. The van der Waals surface area contributed by atoms with Crippen LogP contribution in [0.2, 0.25) is 0 Å². The number of fused-ring (bicyclic) bond motifs is 1. The first-order valence-electron chi connectivity index (χ1n) is 6.45. The third-order valence-electron chi connectivity index (χ3n) is 3.89. The summed E-state index contributed by atoms with van der Waals surface area (Å²) in [4.78, 5) is 28.9. The van der Waals surface area contributed by atoms with Crippen molar-refractivity contribution in [3.63, 3.8) is 0 Å². The standard InChI is InChI=1S/C14H16N2O3/c1-14(2)7-16(13(18)19)11-5-10(15-6-9(11)14)12(17)8-3-4-8/h5-6,8H,3-4,7H2,1-2H3,(H,18,19). The molecule has 1 aliphatic carbocycles. The molecule has 100 valence electrons. The van der Waals surface area contributed by atoms with Crippen LogP contribution in [0.25, 0.3) is 0 Å². The Kier molecular flexibility index (Phi) is 2.42. The third-order valence-corrected chi connectivity index (χ3v) is 3.89. The van der Waals surface area contributed by atoms with E-state index in [9.17, 15) is 14.7 Å². The molecule has 0 bridgehead atoms. The molecule has 3 rings (SSSR count). The molecule has 1 aliphatic heterocycles. The van der Waals surface area contributed by atoms with Crippen molar-refractivity contribution < 1.29 is 14.7 Å². The predicted octanol–water partition coefficient (Wildman–Crippen LogP) is 2.45. The molecule has 0 radical (unpaired) electrons. The van der Waals surface area contributed by atoms with E-state index < -0.39 is 6.09 Å². The summed E-state index contributed by atoms with van der Waals surface area (Å²) in [6.07, 6.45) is 2.52. The Labute approximate surface area is 111 Å². The minimum atomic E-state index is -0.983. The van der Waals surface area contributed by atoms with Crippen molar-refractivity contribution in [2.24, 2.45) is 5.92 Å². The molecule has 2 heterocycles. The first kappa shape index (κ1) is 12.1. The molecule has 1 N–H and O–H groups in total. The van der Waals surface area contributed by atoms with Crippen molar-refractivity contribution in [1.82, 2.24) is 4.98 Å². The quantitative estimate of drug-likeness (QED) is 0.829. The molecule has 0 unspecified atom stereocenters. The van der Waals surface area contributed by atoms with Crippen LogP contribution in [-0.4, -0.2) is 28.5 Å². The van der Waals surface area contributed by atoms with Crippen LogP contribution in [0.15, 0.2) is 12.3 Å². The molecule has 1 saturated carbocycles. The third kappa shape index (κ3) is 1.89. The van der Waals surface area contributed by atoms with Crippen LogP contribution in [-0.2, 0) is 5.41 Å². The monoisotopic (exact) mass is 260 g/mol. The van der Waals surface area contributed by atoms with Gasteiger partial charge in [0.05, 0.1) is 5.69 Å². The molecule has 5 nitrogen and oxygen atoms in total. The van der Waals surface area contributed by atoms with E-state index in [-0.39, 0.29) is 17.1 Å². The van der Waals surface area contributed by atoms with Gasteiger partial charge in [0, 0.05) is 29.6 Å². The zero-order valence-corrected chi connectivity index (χ0v) is 11.0. The highest BCUT2D eigenvalue weighted by molar-refractivity contribution is 6.00. The molecule has 0 aromatic carbocycles. The van der Waals surface area contributed by atoms with Gasteiger partial charge >= 0.3 is 6.09 Å². The summed E-state index contributed by atoms with van der Waals surface area (Å²) in [6, 6.07) is 1.64. The average molecular weight is 260 g/mol. The second-order valence-electron chi connectivity index (χ2n) is 5.98. The normalized spacial score (nSPS) is 20.2. The molecule has 0 atom stereocenters. The maximum Gasteiger partial charge on any atom is 0.411 e. The van der Waals surface area contributed by atoms with Gasteiger partial charge in [-0.1, -0.05) is 13.8 Å². The van der Waals surface area contributed by atoms with E-state index in [1.54, 1.807) is 12.3 Å². The Balaban J connectivity index is 2.05. The smallest absolute Gasteiger partial charge is 0.411 e. The van der Waals surface area contributed by atoms with Crippen LogP contribution in [0.1, 0.15) is 42.7 Å². The topological polar surface area (TPSA) is 70.5 Å². The number of pyridine rings is 1. The number of hydrogen-bond donors (Lipinski definition) is 1. The van der Waals surface area contributed by atoms with Crippen LogP contribution in [0.3, 0.4) is 0 Å². The summed E-state index contributed by atoms with van der Waals surface area (Å²) in [5.41, 5.74) is 1.63. The fourth-order valence-corrected chi connectivity index (χ4v) is 2.62. The van der Waals surface area contributed by atoms with E-state index in [0.29, 0.717) is 17.9 Å². The van der Waals surface area contributed by atoms with E-state index >= 15 is 0 Å². The SMILES string of the molecule is CC1(C)CN(C(=O)O)c2cc(C(=O)C3CC3)ncc21. The number of rotatable bonds is 2. The number of ketones is 1. The van der Waals surface area contributed by atoms with Crippen molar-refractivity contribution in [1.29, 1.82) is 0 Å². The number of carbonyl (C=O) groups excluding carboxylic acids is 1. The van der Waals surface area contributed by atoms with Gasteiger partial charge in [0.1, 0.15) is 5.69 Å². The number of carboxylic acid groups (broad SMARTS) is 1. The summed E-state index contributed by atoms with van der Waals surface area (Å²) < 4.78 is 0. The first-order chi connectivity index (χ1) is 8.90. The molecule has 1 aromatic heterocycles. The zero-order chi connectivity index (χ0) is 13.8. The molecule has 1 fully saturated rings. The van der Waals surface area contributed by atoms with E-state index in [1.165, 1.54) is 4.90 Å². The van der Waals surface area contributed by atoms with Crippen molar-refractivity contribution in [2.75, 3.05) is 11.4 Å². The highest BCUT2D eigenvalue weighted by Crippen LogP contribution is 2.41. The number of amides is 1. The Morgan fingerprint density at radius 2 is 2.11 bits per heavy atom. The second-order valence-corrected chi connectivity index (χ2v) is 5.98. The number of anilines is 1. The number of carbonyl (C=O) groups is 2. The molecule has 2 aliphatic rings. The van der Waals surface area contributed by atoms with E-state index in [2.05, 4.69) is 4.98 Å². The highest BCUT2D eigenvalue weighted by Gasteiger charge is 2.40. The summed E-state index contributed by atoms with van der Waals surface area (Å²) in [5, 5.41) is 9.26. The average Bonchev–Trinajstić information content (AvgIpc) is 3.15. The fourth-order valence-electron chi connectivity index (χ4n) is 2.62. The van der Waals surface area contributed by atoms with Gasteiger partial charge in [-0.15, -0.1) is 0 Å². The second kappa shape index (κ2) is 3.79. The molecule has 1 amide bonds. The minimum absolute atomic E-state index is 0.0397. The van der Waals surface area contributed by atoms with Gasteiger partial charge < -0.3 is 5.11 Å². The maximum atomic E-state index is 12.0. The Hall–Kier alpha value is -1.91. The van der Waals surface area contributed by atoms with E-state index in [0.717, 1.165) is 18.4 Å². The lowest BCUT2D eigenvalue weighted by Gasteiger charge is -2.18. The van der Waals surface area contributed by atoms with Gasteiger partial charge in [0.25, 0.3) is 0 Å². The summed E-state index contributed by atoms with van der Waals surface area (Å²) >= 11 is 0. The van der Waals surface area contributed by atoms with Gasteiger partial charge in [0.2, 0.25) is 0 Å². The van der Waals surface area contributed by atoms with Crippen LogP contribution in [0.4, 0.5) is 10.5 Å². The van der Waals surface area contributed by atoms with Crippen LogP contribution in [0, 0.1) is 5.92 Å². The van der Waals surface area contributed by atoms with Crippen LogP contribution in [0.5, 0.6) is 0 Å². The number of nitrogens with zero attached hydrogens (tertiary/aromatic N) is 2. The lowest BCUT2D eigenvalue weighted by atomic mass is 9.88. The van der Waals surface area contributed by atoms with Gasteiger partial charge in [-0.2, -0.15) is 0 Å². The van der Waals surface area contributed by atoms with Crippen LogP contribution < -0.4 is 4.90 Å². The summed E-state index contributed by atoms with van der Waals surface area (Å²) in [5.74, 6) is 0.135. The Bertz CT molecular complexity index is 576. The van der Waals surface area contributed by atoms with E-state index in [1.807, 2.05) is 13.8 Å². The molecule has 5 heteroatoms. The lowest BCUT2D eigenvalue weighted by Crippen LogP contribution is -2.32. The van der Waals surface area contributed by atoms with Gasteiger partial charge in [-0.3, -0.25) is 14.7 Å². The van der Waals surface area contributed by atoms with Crippen molar-refractivity contribution in [3.05, 3.63) is 23.5 Å². The number of hydrogen-bond acceptors (Lipinski definition) is 3. The largest absolute Gasteiger partial charge is 0.465 e. The van der Waals surface area contributed by atoms with Gasteiger partial charge in [-0.05, 0) is 18.9 Å². The molecule has 19 heavy (non-hydrogen) atoms. The number of aromatic nitrogens is 1. The van der Waals surface area contributed by atoms with Gasteiger partial charge in [-0.25, -0.2) is 4.79 Å². The van der Waals surface area contributed by atoms with E-state index in [4.69, 9.17) is 0 Å². The highest BCUT2D eigenvalue weighted by atomic mass is 16.4. The molecule has 1 aromatic rings. The van der Waals surface area contributed by atoms with Crippen LogP contribution >= 0.6 is 0 Å². The molecule has 0 saturated heterocycles. The summed E-state index contributed by atoms with van der Waals surface area (Å²) in [7, 11) is 0. The Morgan fingerprint density at radius 1 is 1.42 bits per heavy atom. The predicted molar refractivity (Wildman–Crippen MR) is 69.7 cm³/mol. The van der Waals surface area contributed by atoms with Crippen molar-refractivity contribution in [2.45, 2.75) is 32.1 Å². The number of Topliss-reactive ketones (excluding diaryl/α,β-unsaturated/α-hetero) is 1. The molecular weight excluding hydrogens is 244 g/mol. The lowest BCUT2D eigenvalue weighted by molar-refractivity contribution is 0.0962. The molecular formula is C14H16N2O3. The first-order valence-corrected chi connectivity index (χ1v) is 6.45. The van der Waals surface area contributed by atoms with Crippen molar-refractivity contribution >= 4 is 17.6 Å².